The van der Waals surface area contributed by atoms with Crippen LogP contribution in [0.4, 0.5) is 0 Å². The highest BCUT2D eigenvalue weighted by molar-refractivity contribution is 6.75. The molecule has 1 aromatic carbocycles. The summed E-state index contributed by atoms with van der Waals surface area (Å²) in [5.41, 5.74) is 1.14. The lowest BCUT2D eigenvalue weighted by atomic mass is 10.1. The molecule has 0 heterocycles. The molecule has 0 aliphatic rings. The van der Waals surface area contributed by atoms with Gasteiger partial charge in [0.2, 0.25) is 0 Å². The third-order valence-electron chi connectivity index (χ3n) is 4.08. The van der Waals surface area contributed by atoms with Crippen molar-refractivity contribution in [3.8, 4) is 0 Å². The topological polar surface area (TPSA) is 38.3 Å². The molecule has 1 N–H and O–H groups in total. The molecule has 1 aromatic rings. The van der Waals surface area contributed by atoms with Gasteiger partial charge in [-0.2, -0.15) is 0 Å². The van der Waals surface area contributed by atoms with Crippen molar-refractivity contribution in [3.63, 3.8) is 0 Å². The zero-order valence-electron chi connectivity index (χ0n) is 13.5. The lowest BCUT2D eigenvalue weighted by Gasteiger charge is -2.36. The third-order valence-corrected chi connectivity index (χ3v) is 8.40. The maximum Gasteiger partial charge on any atom is 0.310 e. The lowest BCUT2D eigenvalue weighted by molar-refractivity contribution is -0.137. The van der Waals surface area contributed by atoms with Gasteiger partial charge in [0.25, 0.3) is 8.32 Å². The molecule has 0 aliphatic heterocycles. The first-order chi connectivity index (χ1) is 9.17. The standard InChI is InChI=1S/C16H27NO2Si/c1-16(2,3)20(5,6)19-15(18)14(17-4)12-13-10-8-7-9-11-13/h7-11,14,17H,12H2,1-6H3/t14-/m0/s1. The van der Waals surface area contributed by atoms with Crippen molar-refractivity contribution in [1.82, 2.24) is 5.32 Å². The van der Waals surface area contributed by atoms with Crippen molar-refractivity contribution in [2.45, 2.75) is 51.4 Å². The molecule has 0 bridgehead atoms. The molecule has 0 unspecified atom stereocenters. The molecular formula is C16H27NO2Si. The van der Waals surface area contributed by atoms with E-state index in [1.165, 1.54) is 0 Å². The first-order valence-electron chi connectivity index (χ1n) is 7.11. The molecular weight excluding hydrogens is 266 g/mol. The number of hydrogen-bond donors (Lipinski definition) is 1. The lowest BCUT2D eigenvalue weighted by Crippen LogP contribution is -2.48. The fourth-order valence-corrected chi connectivity index (χ4v) is 2.58. The van der Waals surface area contributed by atoms with Crippen molar-refractivity contribution in [2.24, 2.45) is 0 Å². The van der Waals surface area contributed by atoms with Crippen LogP contribution in [0.25, 0.3) is 0 Å². The van der Waals surface area contributed by atoms with Gasteiger partial charge in [-0.05, 0) is 37.2 Å². The van der Waals surface area contributed by atoms with Crippen LogP contribution in [0.5, 0.6) is 0 Å². The van der Waals surface area contributed by atoms with Crippen LogP contribution in [0.2, 0.25) is 18.1 Å². The Balaban J connectivity index is 2.74. The van der Waals surface area contributed by atoms with Gasteiger partial charge in [-0.3, -0.25) is 4.79 Å². The van der Waals surface area contributed by atoms with Crippen LogP contribution < -0.4 is 5.32 Å². The summed E-state index contributed by atoms with van der Waals surface area (Å²) in [6.45, 7) is 10.6. The Bertz CT molecular complexity index is 438. The summed E-state index contributed by atoms with van der Waals surface area (Å²) < 4.78 is 5.86. The zero-order chi connectivity index (χ0) is 15.4. The number of benzene rings is 1. The number of carbonyl (C=O) groups excluding carboxylic acids is 1. The van der Waals surface area contributed by atoms with Crippen LogP contribution in [0.15, 0.2) is 30.3 Å². The molecule has 112 valence electrons. The van der Waals surface area contributed by atoms with Gasteiger partial charge < -0.3 is 9.74 Å². The number of hydrogen-bond acceptors (Lipinski definition) is 3. The summed E-state index contributed by atoms with van der Waals surface area (Å²) in [5.74, 6) is -0.136. The average molecular weight is 293 g/mol. The average Bonchev–Trinajstić information content (AvgIpc) is 2.35. The van der Waals surface area contributed by atoms with E-state index in [1.54, 1.807) is 7.05 Å². The Kier molecular flexibility index (Phi) is 5.54. The van der Waals surface area contributed by atoms with E-state index in [0.717, 1.165) is 5.56 Å². The molecule has 0 spiro atoms. The molecule has 1 rings (SSSR count). The van der Waals surface area contributed by atoms with Gasteiger partial charge in [0.05, 0.1) is 0 Å². The minimum absolute atomic E-state index is 0.0354. The van der Waals surface area contributed by atoms with Gasteiger partial charge >= 0.3 is 5.97 Å². The largest absolute Gasteiger partial charge is 0.518 e. The summed E-state index contributed by atoms with van der Waals surface area (Å²) in [5, 5.41) is 3.11. The molecule has 0 fully saturated rings. The molecule has 0 saturated heterocycles. The maximum absolute atomic E-state index is 12.4. The van der Waals surface area contributed by atoms with Crippen LogP contribution in [-0.2, 0) is 15.6 Å². The van der Waals surface area contributed by atoms with Gasteiger partial charge in [0.15, 0.2) is 0 Å². The molecule has 0 amide bonds. The number of carbonyl (C=O) groups is 1. The molecule has 1 atom stereocenters. The fourth-order valence-electron chi connectivity index (χ4n) is 1.63. The predicted octanol–water partition coefficient (Wildman–Crippen LogP) is 3.37. The van der Waals surface area contributed by atoms with Crippen LogP contribution in [0.3, 0.4) is 0 Å². The smallest absolute Gasteiger partial charge is 0.310 e. The van der Waals surface area contributed by atoms with Crippen LogP contribution in [0.1, 0.15) is 26.3 Å². The highest BCUT2D eigenvalue weighted by atomic mass is 28.4. The molecule has 0 aromatic heterocycles. The van der Waals surface area contributed by atoms with Crippen LogP contribution in [0, 0.1) is 0 Å². The SMILES string of the molecule is CN[C@@H](Cc1ccccc1)C(=O)O[Si](C)(C)C(C)(C)C. The van der Waals surface area contributed by atoms with Gasteiger partial charge in [0, 0.05) is 0 Å². The Hall–Kier alpha value is -1.13. The molecule has 0 aliphatic carbocycles. The van der Waals surface area contributed by atoms with Gasteiger partial charge in [-0.1, -0.05) is 51.1 Å². The van der Waals surface area contributed by atoms with Crippen molar-refractivity contribution in [1.29, 1.82) is 0 Å². The highest BCUT2D eigenvalue weighted by Gasteiger charge is 2.41. The van der Waals surface area contributed by atoms with E-state index >= 15 is 0 Å². The quantitative estimate of drug-likeness (QED) is 0.846. The summed E-state index contributed by atoms with van der Waals surface area (Å²) in [7, 11) is -0.248. The molecule has 3 nitrogen and oxygen atoms in total. The monoisotopic (exact) mass is 293 g/mol. The van der Waals surface area contributed by atoms with E-state index in [2.05, 4.69) is 39.2 Å². The summed E-state index contributed by atoms with van der Waals surface area (Å²) >= 11 is 0. The predicted molar refractivity (Wildman–Crippen MR) is 86.3 cm³/mol. The second-order valence-corrected chi connectivity index (χ2v) is 11.4. The summed E-state index contributed by atoms with van der Waals surface area (Å²) in [6, 6.07) is 9.73. The van der Waals surface area contributed by atoms with Crippen LogP contribution in [-0.4, -0.2) is 27.4 Å². The summed E-state index contributed by atoms with van der Waals surface area (Å²) in [6.07, 6.45) is 0.658. The van der Waals surface area contributed by atoms with Crippen molar-refractivity contribution < 1.29 is 9.22 Å². The Labute approximate surface area is 123 Å². The molecule has 0 saturated carbocycles. The highest BCUT2D eigenvalue weighted by Crippen LogP contribution is 2.36. The minimum Gasteiger partial charge on any atom is -0.518 e. The van der Waals surface area contributed by atoms with Crippen LogP contribution >= 0.6 is 0 Å². The van der Waals surface area contributed by atoms with E-state index < -0.39 is 8.32 Å². The van der Waals surface area contributed by atoms with Gasteiger partial charge in [-0.15, -0.1) is 0 Å². The first kappa shape index (κ1) is 16.9. The van der Waals surface area contributed by atoms with E-state index in [1.807, 2.05) is 30.3 Å². The number of rotatable bonds is 5. The Morgan fingerprint density at radius 3 is 2.25 bits per heavy atom. The van der Waals surface area contributed by atoms with Crippen molar-refractivity contribution in [3.05, 3.63) is 35.9 Å². The second kappa shape index (κ2) is 6.55. The first-order valence-corrected chi connectivity index (χ1v) is 10.0. The van der Waals surface area contributed by atoms with E-state index in [-0.39, 0.29) is 17.0 Å². The number of likely N-dealkylation sites (N-methyl/N-ethyl adjacent to an activating group) is 1. The van der Waals surface area contributed by atoms with E-state index in [0.29, 0.717) is 6.42 Å². The fraction of sp³-hybridized carbons (Fsp3) is 0.562. The Morgan fingerprint density at radius 1 is 1.25 bits per heavy atom. The van der Waals surface area contributed by atoms with Gasteiger partial charge in [-0.25, -0.2) is 0 Å². The Morgan fingerprint density at radius 2 is 1.80 bits per heavy atom. The van der Waals surface area contributed by atoms with E-state index in [4.69, 9.17) is 4.43 Å². The normalized spacial score (nSPS) is 13.9. The van der Waals surface area contributed by atoms with E-state index in [9.17, 15) is 4.79 Å². The van der Waals surface area contributed by atoms with Crippen molar-refractivity contribution >= 4 is 14.3 Å². The second-order valence-electron chi connectivity index (χ2n) is 6.71. The maximum atomic E-state index is 12.4. The minimum atomic E-state index is -2.05. The zero-order valence-corrected chi connectivity index (χ0v) is 14.5. The number of nitrogens with one attached hydrogen (secondary N) is 1. The molecule has 0 radical (unpaired) electrons. The molecule has 4 heteroatoms. The van der Waals surface area contributed by atoms with Crippen molar-refractivity contribution in [2.75, 3.05) is 7.05 Å². The van der Waals surface area contributed by atoms with Gasteiger partial charge in [0.1, 0.15) is 6.04 Å². The molecule has 20 heavy (non-hydrogen) atoms. The third kappa shape index (κ3) is 4.46. The summed E-state index contributed by atoms with van der Waals surface area (Å²) in [4.78, 5) is 12.4.